The van der Waals surface area contributed by atoms with Crippen LogP contribution in [-0.2, 0) is 9.47 Å². The molecule has 0 bridgehead atoms. The van der Waals surface area contributed by atoms with E-state index in [9.17, 15) is 5.11 Å². The smallest absolute Gasteiger partial charge is 0.171 e. The Kier molecular flexibility index (Phi) is 2.08. The summed E-state index contributed by atoms with van der Waals surface area (Å²) in [6, 6.07) is 0. The Morgan fingerprint density at radius 3 is 2.42 bits per heavy atom. The van der Waals surface area contributed by atoms with Crippen molar-refractivity contribution in [3.05, 3.63) is 0 Å². The quantitative estimate of drug-likeness (QED) is 0.562. The number of hydrogen-bond donors (Lipinski definition) is 2. The van der Waals surface area contributed by atoms with Gasteiger partial charge in [0.2, 0.25) is 0 Å². The van der Waals surface area contributed by atoms with Crippen LogP contribution in [0.2, 0.25) is 0 Å². The Morgan fingerprint density at radius 1 is 1.25 bits per heavy atom. The maximum absolute atomic E-state index is 9.49. The molecule has 12 heavy (non-hydrogen) atoms. The second-order valence-corrected chi connectivity index (χ2v) is 3.53. The second-order valence-electron chi connectivity index (χ2n) is 3.53. The van der Waals surface area contributed by atoms with E-state index in [4.69, 9.17) is 14.6 Å². The molecular weight excluding hydrogens is 160 g/mol. The molecule has 0 aromatic heterocycles. The van der Waals surface area contributed by atoms with Gasteiger partial charge in [-0.1, -0.05) is 0 Å². The van der Waals surface area contributed by atoms with E-state index >= 15 is 0 Å². The molecule has 70 valence electrons. The molecule has 1 aliphatic carbocycles. The average Bonchev–Trinajstić information content (AvgIpc) is 2.60. The Hall–Kier alpha value is -0.160. The van der Waals surface area contributed by atoms with E-state index in [1.165, 1.54) is 0 Å². The Bertz CT molecular complexity index is 164. The molecule has 2 fully saturated rings. The minimum Gasteiger partial charge on any atom is -0.396 e. The summed E-state index contributed by atoms with van der Waals surface area (Å²) >= 11 is 0. The molecule has 2 aliphatic rings. The van der Waals surface area contributed by atoms with Gasteiger partial charge in [-0.25, -0.2) is 0 Å². The van der Waals surface area contributed by atoms with E-state index in [1.807, 2.05) is 0 Å². The van der Waals surface area contributed by atoms with Crippen LogP contribution in [0, 0.1) is 5.92 Å². The minimum absolute atomic E-state index is 0.00956. The molecule has 0 aromatic rings. The maximum Gasteiger partial charge on any atom is 0.171 e. The van der Waals surface area contributed by atoms with Crippen LogP contribution in [0.5, 0.6) is 0 Å². The highest BCUT2D eigenvalue weighted by Crippen LogP contribution is 2.40. The van der Waals surface area contributed by atoms with E-state index < -0.39 is 11.9 Å². The molecule has 0 amide bonds. The maximum atomic E-state index is 9.49. The highest BCUT2D eigenvalue weighted by atomic mass is 16.7. The first-order valence-electron chi connectivity index (χ1n) is 4.33. The highest BCUT2D eigenvalue weighted by Gasteiger charge is 2.48. The third-order valence-electron chi connectivity index (χ3n) is 2.69. The van der Waals surface area contributed by atoms with Crippen molar-refractivity contribution in [3.8, 4) is 0 Å². The molecule has 0 radical (unpaired) electrons. The van der Waals surface area contributed by atoms with Crippen molar-refractivity contribution >= 4 is 0 Å². The highest BCUT2D eigenvalue weighted by molar-refractivity contribution is 4.91. The third-order valence-corrected chi connectivity index (χ3v) is 2.69. The summed E-state index contributed by atoms with van der Waals surface area (Å²) in [6.07, 6.45) is 0.635. The Balaban J connectivity index is 2.03. The van der Waals surface area contributed by atoms with Crippen LogP contribution in [-0.4, -0.2) is 41.9 Å². The first kappa shape index (κ1) is 8.44. The predicted octanol–water partition coefficient (Wildman–Crippen LogP) is -0.507. The second kappa shape index (κ2) is 2.96. The number of hydrogen-bond acceptors (Lipinski definition) is 4. The molecule has 4 nitrogen and oxygen atoms in total. The van der Waals surface area contributed by atoms with Gasteiger partial charge >= 0.3 is 0 Å². The van der Waals surface area contributed by atoms with E-state index in [2.05, 4.69) is 0 Å². The molecule has 1 spiro atoms. The SMILES string of the molecule is OCC1CC2(CC1O)OCCO2. The van der Waals surface area contributed by atoms with Gasteiger partial charge in [0.15, 0.2) is 5.79 Å². The fourth-order valence-corrected chi connectivity index (χ4v) is 2.02. The number of aliphatic hydroxyl groups excluding tert-OH is 2. The van der Waals surface area contributed by atoms with Crippen molar-refractivity contribution in [2.75, 3.05) is 19.8 Å². The number of rotatable bonds is 1. The van der Waals surface area contributed by atoms with E-state index in [0.29, 0.717) is 26.1 Å². The molecular formula is C8H14O4. The fraction of sp³-hybridized carbons (Fsp3) is 1.00. The molecule has 0 aromatic carbocycles. The topological polar surface area (TPSA) is 58.9 Å². The van der Waals surface area contributed by atoms with Crippen molar-refractivity contribution in [1.29, 1.82) is 0 Å². The zero-order valence-corrected chi connectivity index (χ0v) is 6.90. The molecule has 2 unspecified atom stereocenters. The average molecular weight is 174 g/mol. The first-order valence-corrected chi connectivity index (χ1v) is 4.33. The van der Waals surface area contributed by atoms with Gasteiger partial charge in [0.25, 0.3) is 0 Å². The fourth-order valence-electron chi connectivity index (χ4n) is 2.02. The zero-order valence-electron chi connectivity index (χ0n) is 6.90. The minimum atomic E-state index is -0.577. The largest absolute Gasteiger partial charge is 0.396 e. The van der Waals surface area contributed by atoms with E-state index in [-0.39, 0.29) is 12.5 Å². The van der Waals surface area contributed by atoms with Crippen LogP contribution < -0.4 is 0 Å². The summed E-state index contributed by atoms with van der Waals surface area (Å²) in [5, 5.41) is 18.4. The van der Waals surface area contributed by atoms with Gasteiger partial charge in [-0.15, -0.1) is 0 Å². The lowest BCUT2D eigenvalue weighted by Crippen LogP contribution is -2.26. The van der Waals surface area contributed by atoms with Gasteiger partial charge in [-0.3, -0.25) is 0 Å². The number of aliphatic hydroxyl groups is 2. The van der Waals surface area contributed by atoms with Gasteiger partial charge in [-0.05, 0) is 0 Å². The summed E-state index contributed by atoms with van der Waals surface area (Å²) in [4.78, 5) is 0. The summed E-state index contributed by atoms with van der Waals surface area (Å²) in [5.41, 5.74) is 0. The monoisotopic (exact) mass is 174 g/mol. The van der Waals surface area contributed by atoms with Crippen LogP contribution in [0.1, 0.15) is 12.8 Å². The summed E-state index contributed by atoms with van der Waals surface area (Å²) in [5.74, 6) is -0.657. The first-order chi connectivity index (χ1) is 5.76. The van der Waals surface area contributed by atoms with Crippen LogP contribution in [0.3, 0.4) is 0 Å². The molecule has 2 atom stereocenters. The Labute approximate surface area is 71.1 Å². The van der Waals surface area contributed by atoms with Crippen LogP contribution in [0.25, 0.3) is 0 Å². The van der Waals surface area contributed by atoms with Gasteiger partial charge in [0.1, 0.15) is 0 Å². The normalized spacial score (nSPS) is 39.5. The number of ether oxygens (including phenoxy) is 2. The lowest BCUT2D eigenvalue weighted by Gasteiger charge is -2.20. The standard InChI is InChI=1S/C8H14O4/c9-5-6-3-8(4-7(6)10)11-1-2-12-8/h6-7,9-10H,1-5H2. The van der Waals surface area contributed by atoms with Crippen LogP contribution in [0.15, 0.2) is 0 Å². The van der Waals surface area contributed by atoms with E-state index in [0.717, 1.165) is 0 Å². The molecule has 4 heteroatoms. The van der Waals surface area contributed by atoms with Crippen LogP contribution >= 0.6 is 0 Å². The third kappa shape index (κ3) is 1.25. The van der Waals surface area contributed by atoms with Gasteiger partial charge in [0.05, 0.1) is 19.3 Å². The van der Waals surface area contributed by atoms with Crippen molar-refractivity contribution in [2.24, 2.45) is 5.92 Å². The van der Waals surface area contributed by atoms with Crippen molar-refractivity contribution < 1.29 is 19.7 Å². The lowest BCUT2D eigenvalue weighted by atomic mass is 10.1. The van der Waals surface area contributed by atoms with Crippen molar-refractivity contribution in [1.82, 2.24) is 0 Å². The van der Waals surface area contributed by atoms with Crippen molar-refractivity contribution in [3.63, 3.8) is 0 Å². The molecule has 1 heterocycles. The van der Waals surface area contributed by atoms with E-state index in [1.54, 1.807) is 0 Å². The Morgan fingerprint density at radius 2 is 1.92 bits per heavy atom. The summed E-state index contributed by atoms with van der Waals surface area (Å²) in [6.45, 7) is 1.21. The molecule has 2 N–H and O–H groups in total. The lowest BCUT2D eigenvalue weighted by molar-refractivity contribution is -0.156. The predicted molar refractivity (Wildman–Crippen MR) is 40.5 cm³/mol. The summed E-state index contributed by atoms with van der Waals surface area (Å²) < 4.78 is 10.8. The molecule has 1 saturated carbocycles. The van der Waals surface area contributed by atoms with Gasteiger partial charge in [0, 0.05) is 25.4 Å². The van der Waals surface area contributed by atoms with Crippen molar-refractivity contribution in [2.45, 2.75) is 24.7 Å². The molecule has 1 saturated heterocycles. The molecule has 2 rings (SSSR count). The van der Waals surface area contributed by atoms with Gasteiger partial charge < -0.3 is 19.7 Å². The molecule has 1 aliphatic heterocycles. The summed E-state index contributed by atoms with van der Waals surface area (Å²) in [7, 11) is 0. The van der Waals surface area contributed by atoms with Gasteiger partial charge in [-0.2, -0.15) is 0 Å². The van der Waals surface area contributed by atoms with Crippen LogP contribution in [0.4, 0.5) is 0 Å². The zero-order chi connectivity index (χ0) is 8.60.